The molecule has 0 heterocycles. The molecule has 0 saturated heterocycles. The lowest BCUT2D eigenvalue weighted by molar-refractivity contribution is -0.164. The van der Waals surface area contributed by atoms with Gasteiger partial charge >= 0.3 is 5.97 Å². The molecule has 3 atom stereocenters. The Morgan fingerprint density at radius 1 is 1.44 bits per heavy atom. The van der Waals surface area contributed by atoms with Gasteiger partial charge in [0.1, 0.15) is 11.9 Å². The molecule has 0 N–H and O–H groups in total. The number of ketones is 1. The van der Waals surface area contributed by atoms with Gasteiger partial charge in [-0.1, -0.05) is 6.92 Å². The fourth-order valence-electron chi connectivity index (χ4n) is 3.35. The average molecular weight is 224 g/mol. The average Bonchev–Trinajstić information content (AvgIpc) is 2.20. The van der Waals surface area contributed by atoms with Crippen molar-refractivity contribution >= 4 is 11.8 Å². The van der Waals surface area contributed by atoms with E-state index in [1.54, 1.807) is 0 Å². The van der Waals surface area contributed by atoms with E-state index < -0.39 is 0 Å². The number of carbonyl (C=O) groups is 2. The lowest BCUT2D eigenvalue weighted by Crippen LogP contribution is -2.48. The first-order valence-corrected chi connectivity index (χ1v) is 6.21. The van der Waals surface area contributed by atoms with E-state index in [-0.39, 0.29) is 17.5 Å². The van der Waals surface area contributed by atoms with Gasteiger partial charge in [0.25, 0.3) is 0 Å². The molecule has 3 heteroatoms. The van der Waals surface area contributed by atoms with Gasteiger partial charge in [-0.15, -0.1) is 0 Å². The SMILES string of the molecule is CC(=O)O[C@H]1CCC[C@H]2CC(=O)CC[C@@]21C. The van der Waals surface area contributed by atoms with E-state index in [4.69, 9.17) is 4.74 Å². The molecule has 0 spiro atoms. The second-order valence-corrected chi connectivity index (χ2v) is 5.47. The molecule has 0 amide bonds. The molecule has 2 aliphatic carbocycles. The summed E-state index contributed by atoms with van der Waals surface area (Å²) in [4.78, 5) is 22.6. The number of ether oxygens (including phenoxy) is 1. The molecular weight excluding hydrogens is 204 g/mol. The first-order chi connectivity index (χ1) is 7.52. The zero-order chi connectivity index (χ0) is 11.8. The molecular formula is C13H20O3. The number of hydrogen-bond acceptors (Lipinski definition) is 3. The van der Waals surface area contributed by atoms with Crippen LogP contribution in [0.2, 0.25) is 0 Å². The molecule has 2 aliphatic rings. The normalized spacial score (nSPS) is 39.0. The van der Waals surface area contributed by atoms with Crippen LogP contribution in [0.4, 0.5) is 0 Å². The minimum atomic E-state index is -0.191. The standard InChI is InChI=1S/C13H20O3/c1-9(14)16-12-5-3-4-10-8-11(15)6-7-13(10,12)2/h10,12H,3-8H2,1-2H3/t10-,12-,13-/m0/s1. The Kier molecular flexibility index (Phi) is 3.04. The van der Waals surface area contributed by atoms with Gasteiger partial charge in [0.2, 0.25) is 0 Å². The largest absolute Gasteiger partial charge is 0.462 e. The molecule has 90 valence electrons. The second-order valence-electron chi connectivity index (χ2n) is 5.47. The highest BCUT2D eigenvalue weighted by molar-refractivity contribution is 5.79. The lowest BCUT2D eigenvalue weighted by Gasteiger charge is -2.49. The summed E-state index contributed by atoms with van der Waals surface area (Å²) < 4.78 is 5.45. The van der Waals surface area contributed by atoms with Crippen molar-refractivity contribution in [3.05, 3.63) is 0 Å². The van der Waals surface area contributed by atoms with Crippen LogP contribution < -0.4 is 0 Å². The minimum absolute atomic E-state index is 0.0249. The van der Waals surface area contributed by atoms with Crippen molar-refractivity contribution in [2.45, 2.75) is 58.5 Å². The molecule has 2 rings (SSSR count). The van der Waals surface area contributed by atoms with E-state index in [9.17, 15) is 9.59 Å². The fourth-order valence-corrected chi connectivity index (χ4v) is 3.35. The maximum atomic E-state index is 11.5. The third-order valence-electron chi connectivity index (χ3n) is 4.41. The van der Waals surface area contributed by atoms with Gasteiger partial charge in [-0.3, -0.25) is 9.59 Å². The molecule has 0 aromatic carbocycles. The summed E-state index contributed by atoms with van der Waals surface area (Å²) in [7, 11) is 0. The maximum absolute atomic E-state index is 11.5. The van der Waals surface area contributed by atoms with Crippen molar-refractivity contribution in [3.63, 3.8) is 0 Å². The summed E-state index contributed by atoms with van der Waals surface area (Å²) in [5.74, 6) is 0.613. The van der Waals surface area contributed by atoms with Crippen molar-refractivity contribution in [2.24, 2.45) is 11.3 Å². The van der Waals surface area contributed by atoms with Crippen LogP contribution in [0.15, 0.2) is 0 Å². The molecule has 0 bridgehead atoms. The van der Waals surface area contributed by atoms with Crippen LogP contribution in [-0.4, -0.2) is 17.9 Å². The van der Waals surface area contributed by atoms with Gasteiger partial charge in [0.15, 0.2) is 0 Å². The highest BCUT2D eigenvalue weighted by Gasteiger charge is 2.48. The molecule has 0 unspecified atom stereocenters. The van der Waals surface area contributed by atoms with Gasteiger partial charge in [-0.2, -0.15) is 0 Å². The minimum Gasteiger partial charge on any atom is -0.462 e. The first-order valence-electron chi connectivity index (χ1n) is 6.21. The summed E-state index contributed by atoms with van der Waals surface area (Å²) in [6.45, 7) is 3.66. The predicted molar refractivity (Wildman–Crippen MR) is 59.9 cm³/mol. The zero-order valence-electron chi connectivity index (χ0n) is 10.1. The van der Waals surface area contributed by atoms with Crippen LogP contribution in [0.5, 0.6) is 0 Å². The predicted octanol–water partition coefficient (Wildman–Crippen LogP) is 2.48. The highest BCUT2D eigenvalue weighted by Crippen LogP contribution is 2.50. The molecule has 0 aliphatic heterocycles. The van der Waals surface area contributed by atoms with E-state index >= 15 is 0 Å². The fraction of sp³-hybridized carbons (Fsp3) is 0.846. The molecule has 0 radical (unpaired) electrons. The number of carbonyl (C=O) groups excluding carboxylic acids is 2. The van der Waals surface area contributed by atoms with Crippen LogP contribution >= 0.6 is 0 Å². The summed E-state index contributed by atoms with van der Waals surface area (Å²) >= 11 is 0. The third kappa shape index (κ3) is 2.00. The van der Waals surface area contributed by atoms with Crippen molar-refractivity contribution < 1.29 is 14.3 Å². The van der Waals surface area contributed by atoms with Gasteiger partial charge in [-0.25, -0.2) is 0 Å². The Labute approximate surface area is 96.5 Å². The Morgan fingerprint density at radius 3 is 2.88 bits per heavy atom. The van der Waals surface area contributed by atoms with Crippen molar-refractivity contribution in [3.8, 4) is 0 Å². The van der Waals surface area contributed by atoms with E-state index in [0.29, 0.717) is 24.5 Å². The van der Waals surface area contributed by atoms with E-state index in [1.165, 1.54) is 6.92 Å². The van der Waals surface area contributed by atoms with Crippen LogP contribution in [0.25, 0.3) is 0 Å². The Morgan fingerprint density at radius 2 is 2.19 bits per heavy atom. The topological polar surface area (TPSA) is 43.4 Å². The third-order valence-corrected chi connectivity index (χ3v) is 4.41. The lowest BCUT2D eigenvalue weighted by atomic mass is 9.59. The highest BCUT2D eigenvalue weighted by atomic mass is 16.5. The second kappa shape index (κ2) is 4.19. The monoisotopic (exact) mass is 224 g/mol. The van der Waals surface area contributed by atoms with Crippen LogP contribution in [0.1, 0.15) is 52.4 Å². The smallest absolute Gasteiger partial charge is 0.302 e. The van der Waals surface area contributed by atoms with Crippen LogP contribution in [0, 0.1) is 11.3 Å². The first kappa shape index (κ1) is 11.6. The number of rotatable bonds is 1. The van der Waals surface area contributed by atoms with E-state index in [1.807, 2.05) is 0 Å². The number of hydrogen-bond donors (Lipinski definition) is 0. The van der Waals surface area contributed by atoms with Crippen molar-refractivity contribution in [1.82, 2.24) is 0 Å². The molecule has 2 fully saturated rings. The Balaban J connectivity index is 2.15. The molecule has 16 heavy (non-hydrogen) atoms. The van der Waals surface area contributed by atoms with Gasteiger partial charge in [-0.05, 0) is 31.6 Å². The van der Waals surface area contributed by atoms with Crippen molar-refractivity contribution in [1.29, 1.82) is 0 Å². The summed E-state index contributed by atoms with van der Waals surface area (Å²) in [5.41, 5.74) is 0.0395. The molecule has 0 aromatic rings. The maximum Gasteiger partial charge on any atom is 0.302 e. The summed E-state index contributed by atoms with van der Waals surface area (Å²) in [6.07, 6.45) is 5.40. The van der Waals surface area contributed by atoms with Gasteiger partial charge < -0.3 is 4.74 Å². The number of esters is 1. The zero-order valence-corrected chi connectivity index (χ0v) is 10.1. The van der Waals surface area contributed by atoms with Crippen molar-refractivity contribution in [2.75, 3.05) is 0 Å². The summed E-state index contributed by atoms with van der Waals surface area (Å²) in [6, 6.07) is 0. The summed E-state index contributed by atoms with van der Waals surface area (Å²) in [5, 5.41) is 0. The molecule has 3 nitrogen and oxygen atoms in total. The Bertz CT molecular complexity index is 310. The molecule has 0 aromatic heterocycles. The Hall–Kier alpha value is -0.860. The van der Waals surface area contributed by atoms with Crippen LogP contribution in [-0.2, 0) is 14.3 Å². The van der Waals surface area contributed by atoms with Crippen LogP contribution in [0.3, 0.4) is 0 Å². The molecule has 2 saturated carbocycles. The van der Waals surface area contributed by atoms with E-state index in [0.717, 1.165) is 25.7 Å². The van der Waals surface area contributed by atoms with Gasteiger partial charge in [0, 0.05) is 25.2 Å². The number of fused-ring (bicyclic) bond motifs is 1. The van der Waals surface area contributed by atoms with Gasteiger partial charge in [0.05, 0.1) is 0 Å². The quantitative estimate of drug-likeness (QED) is 0.643. The van der Waals surface area contributed by atoms with E-state index in [2.05, 4.69) is 6.92 Å². The number of Topliss-reactive ketones (excluding diaryl/α,β-unsaturated/α-hetero) is 1.